The third kappa shape index (κ3) is 4.02. The number of hydrogen-bond donors (Lipinski definition) is 1. The van der Waals surface area contributed by atoms with Crippen LogP contribution in [0.2, 0.25) is 0 Å². The lowest BCUT2D eigenvalue weighted by Gasteiger charge is -2.06. The van der Waals surface area contributed by atoms with Crippen LogP contribution in [-0.4, -0.2) is 25.8 Å². The molecular weight excluding hydrogens is 417 g/mol. The Hall–Kier alpha value is -4.58. The van der Waals surface area contributed by atoms with Crippen molar-refractivity contribution in [2.45, 2.75) is 0 Å². The first kappa shape index (κ1) is 20.3. The van der Waals surface area contributed by atoms with Crippen LogP contribution in [0.5, 0.6) is 0 Å². The molecule has 5 aromatic rings. The fraction of sp³-hybridized carbons (Fsp3) is 0. The lowest BCUT2D eigenvalue weighted by atomic mass is 10.00. The number of carbonyl (C=O) groups is 1. The van der Waals surface area contributed by atoms with E-state index in [1.54, 1.807) is 22.9 Å². The standard InChI is InChI=1S/C27H18FN3O2/c28-24-15-14-21(27(32)33)17-23(24)19-10-7-11-20(16-19)25-29-26(18-8-3-1-4-9-18)31(30-25)22-12-5-2-6-13-22/h1-17H,(H,32,33). The average molecular weight is 435 g/mol. The Balaban J connectivity index is 1.64. The largest absolute Gasteiger partial charge is 0.478 e. The predicted octanol–water partition coefficient (Wildman–Crippen LogP) is 6.11. The van der Waals surface area contributed by atoms with Crippen molar-refractivity contribution < 1.29 is 14.3 Å². The van der Waals surface area contributed by atoms with Crippen LogP contribution in [0.25, 0.3) is 39.6 Å². The summed E-state index contributed by atoms with van der Waals surface area (Å²) in [6.07, 6.45) is 0. The Morgan fingerprint density at radius 1 is 0.758 bits per heavy atom. The Morgan fingerprint density at radius 2 is 1.42 bits per heavy atom. The highest BCUT2D eigenvalue weighted by Crippen LogP contribution is 2.30. The van der Waals surface area contributed by atoms with Crippen molar-refractivity contribution in [3.05, 3.63) is 115 Å². The van der Waals surface area contributed by atoms with Crippen molar-refractivity contribution in [1.29, 1.82) is 0 Å². The Bertz CT molecular complexity index is 1390. The predicted molar refractivity (Wildman–Crippen MR) is 125 cm³/mol. The van der Waals surface area contributed by atoms with E-state index in [-0.39, 0.29) is 11.1 Å². The van der Waals surface area contributed by atoms with Gasteiger partial charge in [0.05, 0.1) is 11.3 Å². The van der Waals surface area contributed by atoms with Gasteiger partial charge in [-0.15, -0.1) is 5.10 Å². The quantitative estimate of drug-likeness (QED) is 0.362. The van der Waals surface area contributed by atoms with Gasteiger partial charge in [-0.2, -0.15) is 0 Å². The van der Waals surface area contributed by atoms with Gasteiger partial charge in [0.15, 0.2) is 11.6 Å². The number of para-hydroxylation sites is 1. The first-order valence-corrected chi connectivity index (χ1v) is 10.3. The highest BCUT2D eigenvalue weighted by Gasteiger charge is 2.16. The third-order valence-corrected chi connectivity index (χ3v) is 5.28. The maximum absolute atomic E-state index is 14.5. The molecule has 1 heterocycles. The van der Waals surface area contributed by atoms with Gasteiger partial charge in [0.25, 0.3) is 0 Å². The van der Waals surface area contributed by atoms with Crippen molar-refractivity contribution >= 4 is 5.97 Å². The minimum atomic E-state index is -1.11. The minimum Gasteiger partial charge on any atom is -0.478 e. The second-order valence-electron chi connectivity index (χ2n) is 7.45. The molecule has 0 unspecified atom stereocenters. The average Bonchev–Trinajstić information content (AvgIpc) is 3.31. The number of nitrogens with zero attached hydrogens (tertiary/aromatic N) is 3. The van der Waals surface area contributed by atoms with Gasteiger partial charge in [0.2, 0.25) is 0 Å². The van der Waals surface area contributed by atoms with Gasteiger partial charge in [-0.3, -0.25) is 0 Å². The van der Waals surface area contributed by atoms with Gasteiger partial charge in [-0.1, -0.05) is 66.7 Å². The molecule has 0 aliphatic heterocycles. The van der Waals surface area contributed by atoms with Crippen molar-refractivity contribution in [2.24, 2.45) is 0 Å². The number of benzene rings is 4. The third-order valence-electron chi connectivity index (χ3n) is 5.28. The van der Waals surface area contributed by atoms with Crippen molar-refractivity contribution in [3.63, 3.8) is 0 Å². The highest BCUT2D eigenvalue weighted by molar-refractivity contribution is 5.89. The zero-order valence-electron chi connectivity index (χ0n) is 17.4. The molecule has 0 atom stereocenters. The zero-order valence-corrected chi connectivity index (χ0v) is 17.4. The number of halogens is 1. The maximum Gasteiger partial charge on any atom is 0.335 e. The van der Waals surface area contributed by atoms with E-state index < -0.39 is 11.8 Å². The number of hydrogen-bond acceptors (Lipinski definition) is 3. The van der Waals surface area contributed by atoms with E-state index in [1.165, 1.54) is 18.2 Å². The van der Waals surface area contributed by atoms with E-state index in [9.17, 15) is 14.3 Å². The zero-order chi connectivity index (χ0) is 22.8. The molecule has 0 bridgehead atoms. The first-order chi connectivity index (χ1) is 16.1. The van der Waals surface area contributed by atoms with E-state index >= 15 is 0 Å². The Morgan fingerprint density at radius 3 is 2.15 bits per heavy atom. The van der Waals surface area contributed by atoms with Crippen molar-refractivity contribution in [1.82, 2.24) is 14.8 Å². The molecule has 1 N–H and O–H groups in total. The van der Waals surface area contributed by atoms with Gasteiger partial charge >= 0.3 is 5.97 Å². The van der Waals surface area contributed by atoms with Gasteiger partial charge in [-0.05, 0) is 42.0 Å². The smallest absolute Gasteiger partial charge is 0.335 e. The van der Waals surface area contributed by atoms with Gasteiger partial charge in [-0.25, -0.2) is 18.9 Å². The van der Waals surface area contributed by atoms with Gasteiger partial charge < -0.3 is 5.11 Å². The molecule has 0 spiro atoms. The highest BCUT2D eigenvalue weighted by atomic mass is 19.1. The Labute approximate surface area is 189 Å². The van der Waals surface area contributed by atoms with Crippen LogP contribution >= 0.6 is 0 Å². The molecular formula is C27H18FN3O2. The topological polar surface area (TPSA) is 68.0 Å². The van der Waals surface area contributed by atoms with E-state index in [1.807, 2.05) is 66.7 Å². The van der Waals surface area contributed by atoms with Crippen LogP contribution < -0.4 is 0 Å². The summed E-state index contributed by atoms with van der Waals surface area (Å²) in [5.74, 6) is -0.441. The van der Waals surface area contributed by atoms with Crippen LogP contribution in [0.4, 0.5) is 4.39 Å². The van der Waals surface area contributed by atoms with Crippen LogP contribution in [0.3, 0.4) is 0 Å². The molecule has 160 valence electrons. The molecule has 33 heavy (non-hydrogen) atoms. The second-order valence-corrected chi connectivity index (χ2v) is 7.45. The summed E-state index contributed by atoms with van der Waals surface area (Å²) in [6.45, 7) is 0. The van der Waals surface area contributed by atoms with Crippen LogP contribution in [-0.2, 0) is 0 Å². The van der Waals surface area contributed by atoms with Crippen LogP contribution in [0, 0.1) is 5.82 Å². The number of carboxylic acids is 1. The first-order valence-electron chi connectivity index (χ1n) is 10.3. The molecule has 5 rings (SSSR count). The molecule has 0 saturated heterocycles. The lowest BCUT2D eigenvalue weighted by Crippen LogP contribution is -1.99. The number of rotatable bonds is 5. The van der Waals surface area contributed by atoms with Crippen molar-refractivity contribution in [2.75, 3.05) is 0 Å². The number of carboxylic acid groups (broad SMARTS) is 1. The van der Waals surface area contributed by atoms with Crippen LogP contribution in [0.15, 0.2) is 103 Å². The van der Waals surface area contributed by atoms with E-state index in [2.05, 4.69) is 0 Å². The summed E-state index contributed by atoms with van der Waals surface area (Å²) in [5, 5.41) is 14.0. The molecule has 0 fully saturated rings. The summed E-state index contributed by atoms with van der Waals surface area (Å²) in [7, 11) is 0. The molecule has 0 amide bonds. The summed E-state index contributed by atoms with van der Waals surface area (Å²) >= 11 is 0. The summed E-state index contributed by atoms with van der Waals surface area (Å²) in [5.41, 5.74) is 3.25. The molecule has 5 nitrogen and oxygen atoms in total. The summed E-state index contributed by atoms with van der Waals surface area (Å²) < 4.78 is 16.3. The van der Waals surface area contributed by atoms with Gasteiger partial charge in [0, 0.05) is 16.7 Å². The van der Waals surface area contributed by atoms with Crippen molar-refractivity contribution in [3.8, 4) is 39.6 Å². The number of aromatic carboxylic acids is 1. The monoisotopic (exact) mass is 435 g/mol. The summed E-state index contributed by atoms with van der Waals surface area (Å²) in [6, 6.07) is 30.4. The molecule has 0 aliphatic carbocycles. The fourth-order valence-corrected chi connectivity index (χ4v) is 3.66. The molecule has 0 aliphatic rings. The van der Waals surface area contributed by atoms with E-state index in [0.29, 0.717) is 22.8 Å². The van der Waals surface area contributed by atoms with E-state index in [0.717, 1.165) is 11.3 Å². The molecule has 6 heteroatoms. The Kier molecular flexibility index (Phi) is 5.24. The normalized spacial score (nSPS) is 10.8. The molecule has 0 saturated carbocycles. The summed E-state index contributed by atoms with van der Waals surface area (Å²) in [4.78, 5) is 16.1. The maximum atomic E-state index is 14.5. The molecule has 0 radical (unpaired) electrons. The molecule has 4 aromatic carbocycles. The van der Waals surface area contributed by atoms with Gasteiger partial charge in [0.1, 0.15) is 5.82 Å². The number of aromatic nitrogens is 3. The van der Waals surface area contributed by atoms with E-state index in [4.69, 9.17) is 10.1 Å². The molecule has 1 aromatic heterocycles. The second kappa shape index (κ2) is 8.51. The fourth-order valence-electron chi connectivity index (χ4n) is 3.66. The van der Waals surface area contributed by atoms with Crippen LogP contribution in [0.1, 0.15) is 10.4 Å². The SMILES string of the molecule is O=C(O)c1ccc(F)c(-c2cccc(-c3nc(-c4ccccc4)n(-c4ccccc4)n3)c2)c1. The minimum absolute atomic E-state index is 0.0228. The lowest BCUT2D eigenvalue weighted by molar-refractivity contribution is 0.0697.